The zero-order valence-electron chi connectivity index (χ0n) is 12.3. The summed E-state index contributed by atoms with van der Waals surface area (Å²) < 4.78 is 0. The Bertz CT molecular complexity index is 852. The fourth-order valence-corrected chi connectivity index (χ4v) is 3.11. The number of hydrazone groups is 1. The van der Waals surface area contributed by atoms with Crippen LogP contribution in [0.1, 0.15) is 10.4 Å². The molecule has 3 amide bonds. The predicted molar refractivity (Wildman–Crippen MR) is 94.4 cm³/mol. The average Bonchev–Trinajstić information content (AvgIpc) is 3.02. The van der Waals surface area contributed by atoms with E-state index in [2.05, 4.69) is 20.7 Å². The van der Waals surface area contributed by atoms with Gasteiger partial charge in [-0.1, -0.05) is 40.6 Å². The van der Waals surface area contributed by atoms with E-state index in [1.165, 1.54) is 17.6 Å². The summed E-state index contributed by atoms with van der Waals surface area (Å²) in [6.45, 7) is 1.80. The molecule has 124 valence electrons. The molecule has 0 spiro atoms. The Hall–Kier alpha value is -2.16. The van der Waals surface area contributed by atoms with Crippen LogP contribution in [0.5, 0.6) is 0 Å². The molecular formula is C14H11Cl2N5O2S. The number of thiazole rings is 1. The highest BCUT2D eigenvalue weighted by atomic mass is 35.5. The van der Waals surface area contributed by atoms with Crippen molar-refractivity contribution < 1.29 is 9.59 Å². The molecule has 1 aromatic carbocycles. The molecule has 3 rings (SSSR count). The first kappa shape index (κ1) is 16.7. The van der Waals surface area contributed by atoms with Crippen LogP contribution in [0.15, 0.2) is 23.3 Å². The average molecular weight is 384 g/mol. The number of nitrogens with zero attached hydrogens (tertiary/aromatic N) is 3. The maximum atomic E-state index is 11.4. The number of nitrogens with one attached hydrogen (secondary N) is 2. The first-order valence-corrected chi connectivity index (χ1v) is 8.34. The second-order valence-electron chi connectivity index (χ2n) is 4.92. The summed E-state index contributed by atoms with van der Waals surface area (Å²) in [5.41, 5.74) is 1.76. The number of hydrogen-bond acceptors (Lipinski definition) is 6. The maximum Gasteiger partial charge on any atom is 0.344 e. The van der Waals surface area contributed by atoms with E-state index in [0.717, 1.165) is 16.3 Å². The molecule has 7 nitrogen and oxygen atoms in total. The van der Waals surface area contributed by atoms with Crippen LogP contribution in [-0.2, 0) is 4.79 Å². The van der Waals surface area contributed by atoms with Gasteiger partial charge in [-0.25, -0.2) is 14.8 Å². The number of aryl methyl sites for hydroxylation is 1. The van der Waals surface area contributed by atoms with Crippen molar-refractivity contribution in [1.82, 2.24) is 15.3 Å². The molecule has 1 aliphatic heterocycles. The standard InChI is InChI=1S/C14H11Cl2N5O2S/c1-7-2-3-8(4-9(7)15)18-13-20-12(16)10(24-13)5-17-21-6-11(22)19-14(21)23/h2-5H,6H2,1H3,(H,18,20)(H,19,22,23)/b17-5+. The minimum absolute atomic E-state index is 0.112. The Morgan fingerprint density at radius 1 is 1.42 bits per heavy atom. The van der Waals surface area contributed by atoms with Gasteiger partial charge in [0.05, 0.1) is 11.1 Å². The highest BCUT2D eigenvalue weighted by molar-refractivity contribution is 7.17. The Morgan fingerprint density at radius 2 is 2.21 bits per heavy atom. The van der Waals surface area contributed by atoms with E-state index in [-0.39, 0.29) is 11.7 Å². The zero-order valence-corrected chi connectivity index (χ0v) is 14.7. The number of halogens is 2. The molecule has 1 saturated heterocycles. The van der Waals surface area contributed by atoms with Crippen LogP contribution in [0.2, 0.25) is 10.2 Å². The van der Waals surface area contributed by atoms with Gasteiger partial charge in [0.2, 0.25) is 5.91 Å². The van der Waals surface area contributed by atoms with Crippen LogP contribution in [0.25, 0.3) is 0 Å². The second kappa shape index (κ2) is 6.76. The van der Waals surface area contributed by atoms with Crippen LogP contribution in [-0.4, -0.2) is 34.7 Å². The molecule has 2 aromatic rings. The summed E-state index contributed by atoms with van der Waals surface area (Å²) in [6, 6.07) is 5.00. The van der Waals surface area contributed by atoms with Crippen LogP contribution in [0.3, 0.4) is 0 Å². The fourth-order valence-electron chi connectivity index (χ4n) is 1.89. The van der Waals surface area contributed by atoms with Crippen molar-refractivity contribution in [2.24, 2.45) is 5.10 Å². The lowest BCUT2D eigenvalue weighted by Gasteiger charge is -2.04. The van der Waals surface area contributed by atoms with Gasteiger partial charge in [-0.2, -0.15) is 5.10 Å². The van der Waals surface area contributed by atoms with Crippen molar-refractivity contribution >= 4 is 63.5 Å². The van der Waals surface area contributed by atoms with Crippen LogP contribution in [0.4, 0.5) is 15.6 Å². The Kier molecular flexibility index (Phi) is 4.70. The first-order valence-electron chi connectivity index (χ1n) is 6.77. The smallest absolute Gasteiger partial charge is 0.331 e. The van der Waals surface area contributed by atoms with E-state index in [1.807, 2.05) is 19.1 Å². The summed E-state index contributed by atoms with van der Waals surface area (Å²) in [5, 5.41) is 11.7. The van der Waals surface area contributed by atoms with Gasteiger partial charge in [0.25, 0.3) is 0 Å². The molecule has 0 atom stereocenters. The van der Waals surface area contributed by atoms with Crippen molar-refractivity contribution in [2.45, 2.75) is 6.92 Å². The molecule has 0 bridgehead atoms. The van der Waals surface area contributed by atoms with E-state index in [9.17, 15) is 9.59 Å². The third-order valence-electron chi connectivity index (χ3n) is 3.12. The van der Waals surface area contributed by atoms with E-state index in [0.29, 0.717) is 15.0 Å². The lowest BCUT2D eigenvalue weighted by Crippen LogP contribution is -2.24. The summed E-state index contributed by atoms with van der Waals surface area (Å²) in [6.07, 6.45) is 1.39. The SMILES string of the molecule is Cc1ccc(Nc2nc(Cl)c(/C=N/N3CC(=O)NC3=O)s2)cc1Cl. The summed E-state index contributed by atoms with van der Waals surface area (Å²) >= 11 is 13.4. The van der Waals surface area contributed by atoms with E-state index in [1.54, 1.807) is 6.07 Å². The highest BCUT2D eigenvalue weighted by Gasteiger charge is 2.26. The molecule has 1 fully saturated rings. The van der Waals surface area contributed by atoms with Crippen molar-refractivity contribution in [3.63, 3.8) is 0 Å². The molecule has 0 saturated carbocycles. The van der Waals surface area contributed by atoms with Crippen molar-refractivity contribution in [3.05, 3.63) is 38.8 Å². The molecule has 2 N–H and O–H groups in total. The van der Waals surface area contributed by atoms with Crippen molar-refractivity contribution in [2.75, 3.05) is 11.9 Å². The van der Waals surface area contributed by atoms with Crippen LogP contribution >= 0.6 is 34.5 Å². The normalized spacial score (nSPS) is 14.5. The molecule has 1 aromatic heterocycles. The molecular weight excluding hydrogens is 373 g/mol. The maximum absolute atomic E-state index is 11.4. The minimum atomic E-state index is -0.565. The molecule has 2 heterocycles. The van der Waals surface area contributed by atoms with Gasteiger partial charge in [0.15, 0.2) is 10.3 Å². The monoisotopic (exact) mass is 383 g/mol. The molecule has 0 radical (unpaired) electrons. The van der Waals surface area contributed by atoms with Gasteiger partial charge in [-0.3, -0.25) is 10.1 Å². The molecule has 24 heavy (non-hydrogen) atoms. The topological polar surface area (TPSA) is 86.7 Å². The number of urea groups is 1. The van der Waals surface area contributed by atoms with Gasteiger partial charge in [0, 0.05) is 10.7 Å². The van der Waals surface area contributed by atoms with Gasteiger partial charge < -0.3 is 5.32 Å². The quantitative estimate of drug-likeness (QED) is 0.625. The number of aromatic nitrogens is 1. The number of carbonyl (C=O) groups excluding carboxylic acids is 2. The largest absolute Gasteiger partial charge is 0.344 e. The number of hydrogen-bond donors (Lipinski definition) is 2. The molecule has 1 aliphatic rings. The number of carbonyl (C=O) groups is 2. The summed E-state index contributed by atoms with van der Waals surface area (Å²) in [7, 11) is 0. The number of benzene rings is 1. The number of rotatable bonds is 4. The summed E-state index contributed by atoms with van der Waals surface area (Å²) in [5.74, 6) is -0.397. The van der Waals surface area contributed by atoms with Crippen molar-refractivity contribution in [1.29, 1.82) is 0 Å². The lowest BCUT2D eigenvalue weighted by atomic mass is 10.2. The van der Waals surface area contributed by atoms with E-state index >= 15 is 0 Å². The van der Waals surface area contributed by atoms with Crippen LogP contribution in [0, 0.1) is 6.92 Å². The van der Waals surface area contributed by atoms with Gasteiger partial charge in [-0.05, 0) is 24.6 Å². The lowest BCUT2D eigenvalue weighted by molar-refractivity contribution is -0.118. The van der Waals surface area contributed by atoms with Crippen molar-refractivity contribution in [3.8, 4) is 0 Å². The molecule has 0 aliphatic carbocycles. The molecule has 10 heteroatoms. The fraction of sp³-hybridized carbons (Fsp3) is 0.143. The zero-order chi connectivity index (χ0) is 17.3. The third-order valence-corrected chi connectivity index (χ3v) is 4.83. The van der Waals surface area contributed by atoms with Gasteiger partial charge >= 0.3 is 6.03 Å². The summed E-state index contributed by atoms with van der Waals surface area (Å²) in [4.78, 5) is 27.3. The van der Waals surface area contributed by atoms with Crippen LogP contribution < -0.4 is 10.6 Å². The molecule has 0 unspecified atom stereocenters. The Labute approximate surface area is 151 Å². The predicted octanol–water partition coefficient (Wildman–Crippen LogP) is 3.39. The van der Waals surface area contributed by atoms with E-state index in [4.69, 9.17) is 23.2 Å². The first-order chi connectivity index (χ1) is 11.4. The minimum Gasteiger partial charge on any atom is -0.331 e. The van der Waals surface area contributed by atoms with Gasteiger partial charge in [-0.15, -0.1) is 0 Å². The van der Waals surface area contributed by atoms with E-state index < -0.39 is 11.9 Å². The Balaban J connectivity index is 1.74. The highest BCUT2D eigenvalue weighted by Crippen LogP contribution is 2.29. The third kappa shape index (κ3) is 3.66. The van der Waals surface area contributed by atoms with Gasteiger partial charge in [0.1, 0.15) is 6.54 Å². The Morgan fingerprint density at radius 3 is 2.88 bits per heavy atom. The number of amides is 3. The number of anilines is 2. The number of imide groups is 1. The second-order valence-corrected chi connectivity index (χ2v) is 6.71.